The Morgan fingerprint density at radius 3 is 2.90 bits per heavy atom. The van der Waals surface area contributed by atoms with E-state index >= 15 is 0 Å². The van der Waals surface area contributed by atoms with Gasteiger partial charge in [-0.2, -0.15) is 0 Å². The van der Waals surface area contributed by atoms with Gasteiger partial charge in [-0.1, -0.05) is 24.3 Å². The molecule has 0 fully saturated rings. The van der Waals surface area contributed by atoms with Gasteiger partial charge in [0.15, 0.2) is 0 Å². The summed E-state index contributed by atoms with van der Waals surface area (Å²) in [4.78, 5) is 13.3. The lowest BCUT2D eigenvalue weighted by molar-refractivity contribution is 0.0931. The van der Waals surface area contributed by atoms with Crippen LogP contribution in [0, 0.1) is 0 Å². The molecule has 1 atom stereocenters. The lowest BCUT2D eigenvalue weighted by atomic mass is 9.87. The highest BCUT2D eigenvalue weighted by atomic mass is 79.9. The minimum absolute atomic E-state index is 0.0560. The van der Waals surface area contributed by atoms with Crippen molar-refractivity contribution >= 4 is 34.5 Å². The summed E-state index contributed by atoms with van der Waals surface area (Å²) in [6.45, 7) is 0. The first-order valence-corrected chi connectivity index (χ1v) is 8.26. The lowest BCUT2D eigenvalue weighted by Crippen LogP contribution is -2.31. The standard InChI is InChI=1S/C17H16BrNOS/c18-15-9-8-12(21)10-14(15)17(20)19-16-7-3-5-11-4-1-2-6-13(11)16/h1-2,4,6,8-10,16,21H,3,5,7H2,(H,19,20). The predicted molar refractivity (Wildman–Crippen MR) is 91.0 cm³/mol. The van der Waals surface area contributed by atoms with Crippen molar-refractivity contribution < 1.29 is 4.79 Å². The van der Waals surface area contributed by atoms with E-state index in [0.717, 1.165) is 28.6 Å². The maximum Gasteiger partial charge on any atom is 0.252 e. The Bertz CT molecular complexity index is 686. The van der Waals surface area contributed by atoms with Crippen LogP contribution in [0.1, 0.15) is 40.4 Å². The minimum Gasteiger partial charge on any atom is -0.345 e. The number of fused-ring (bicyclic) bond motifs is 1. The molecule has 2 nitrogen and oxygen atoms in total. The van der Waals surface area contributed by atoms with E-state index in [9.17, 15) is 4.79 Å². The van der Waals surface area contributed by atoms with E-state index in [-0.39, 0.29) is 11.9 Å². The first-order valence-electron chi connectivity index (χ1n) is 7.02. The topological polar surface area (TPSA) is 29.1 Å². The molecule has 1 aliphatic rings. The van der Waals surface area contributed by atoms with Gasteiger partial charge in [0, 0.05) is 9.37 Å². The Morgan fingerprint density at radius 1 is 1.24 bits per heavy atom. The number of thiol groups is 1. The number of nitrogens with one attached hydrogen (secondary N) is 1. The highest BCUT2D eigenvalue weighted by Gasteiger charge is 2.22. The van der Waals surface area contributed by atoms with E-state index in [1.165, 1.54) is 11.1 Å². The Hall–Kier alpha value is -1.26. The molecular formula is C17H16BrNOS. The van der Waals surface area contributed by atoms with Crippen molar-refractivity contribution in [2.75, 3.05) is 0 Å². The number of amides is 1. The maximum absolute atomic E-state index is 12.5. The van der Waals surface area contributed by atoms with Gasteiger partial charge < -0.3 is 5.32 Å². The third kappa shape index (κ3) is 3.16. The van der Waals surface area contributed by atoms with Crippen LogP contribution in [0.3, 0.4) is 0 Å². The number of carbonyl (C=O) groups is 1. The van der Waals surface area contributed by atoms with Crippen molar-refractivity contribution in [3.63, 3.8) is 0 Å². The molecule has 108 valence electrons. The summed E-state index contributed by atoms with van der Waals surface area (Å²) >= 11 is 7.74. The van der Waals surface area contributed by atoms with E-state index in [1.807, 2.05) is 18.2 Å². The molecule has 0 heterocycles. The summed E-state index contributed by atoms with van der Waals surface area (Å²) in [5, 5.41) is 3.16. The molecule has 1 amide bonds. The van der Waals surface area contributed by atoms with Crippen LogP contribution in [0.15, 0.2) is 51.8 Å². The first-order chi connectivity index (χ1) is 10.1. The van der Waals surface area contributed by atoms with Gasteiger partial charge in [-0.3, -0.25) is 4.79 Å². The second kappa shape index (κ2) is 6.24. The molecule has 0 saturated carbocycles. The third-order valence-corrected chi connectivity index (χ3v) is 4.84. The smallest absolute Gasteiger partial charge is 0.252 e. The number of hydrogen-bond acceptors (Lipinski definition) is 2. The van der Waals surface area contributed by atoms with Crippen LogP contribution >= 0.6 is 28.6 Å². The number of benzene rings is 2. The Kier molecular flexibility index (Phi) is 4.36. The molecule has 0 aromatic heterocycles. The van der Waals surface area contributed by atoms with Crippen LogP contribution < -0.4 is 5.32 Å². The predicted octanol–water partition coefficient (Wildman–Crippen LogP) is 4.55. The summed E-state index contributed by atoms with van der Waals surface area (Å²) < 4.78 is 0.793. The minimum atomic E-state index is -0.0560. The summed E-state index contributed by atoms with van der Waals surface area (Å²) in [5.74, 6) is -0.0560. The molecule has 0 saturated heterocycles. The number of rotatable bonds is 2. The van der Waals surface area contributed by atoms with Gasteiger partial charge in [0.05, 0.1) is 11.6 Å². The van der Waals surface area contributed by atoms with Crippen LogP contribution in [0.25, 0.3) is 0 Å². The lowest BCUT2D eigenvalue weighted by Gasteiger charge is -2.26. The highest BCUT2D eigenvalue weighted by Crippen LogP contribution is 2.30. The second-order valence-corrected chi connectivity index (χ2v) is 6.65. The van der Waals surface area contributed by atoms with E-state index in [1.54, 1.807) is 6.07 Å². The largest absolute Gasteiger partial charge is 0.345 e. The average molecular weight is 362 g/mol. The fourth-order valence-corrected chi connectivity index (χ4v) is 3.46. The van der Waals surface area contributed by atoms with Crippen LogP contribution in [0.5, 0.6) is 0 Å². The van der Waals surface area contributed by atoms with Gasteiger partial charge in [-0.25, -0.2) is 0 Å². The molecule has 21 heavy (non-hydrogen) atoms. The zero-order chi connectivity index (χ0) is 14.8. The quantitative estimate of drug-likeness (QED) is 0.755. The molecule has 4 heteroatoms. The third-order valence-electron chi connectivity index (χ3n) is 3.87. The molecule has 1 unspecified atom stereocenters. The molecule has 0 aliphatic heterocycles. The molecule has 0 spiro atoms. The summed E-state index contributed by atoms with van der Waals surface area (Å²) in [6.07, 6.45) is 3.19. The Balaban J connectivity index is 1.84. The van der Waals surface area contributed by atoms with E-state index in [2.05, 4.69) is 52.1 Å². The summed E-state index contributed by atoms with van der Waals surface area (Å²) in [6, 6.07) is 14.0. The molecular weight excluding hydrogens is 346 g/mol. The monoisotopic (exact) mass is 361 g/mol. The van der Waals surface area contributed by atoms with Gasteiger partial charge in [0.25, 0.3) is 5.91 Å². The molecule has 3 rings (SSSR count). The Labute approximate surface area is 138 Å². The van der Waals surface area contributed by atoms with Gasteiger partial charge in [0.1, 0.15) is 0 Å². The zero-order valence-electron chi connectivity index (χ0n) is 11.5. The Morgan fingerprint density at radius 2 is 2.05 bits per heavy atom. The molecule has 2 aromatic carbocycles. The summed E-state index contributed by atoms with van der Waals surface area (Å²) in [5.41, 5.74) is 3.22. The summed E-state index contributed by atoms with van der Waals surface area (Å²) in [7, 11) is 0. The van der Waals surface area contributed by atoms with Crippen molar-refractivity contribution in [3.8, 4) is 0 Å². The molecule has 1 aliphatic carbocycles. The molecule has 1 N–H and O–H groups in total. The highest BCUT2D eigenvalue weighted by molar-refractivity contribution is 9.10. The van der Waals surface area contributed by atoms with Crippen LogP contribution in [0.4, 0.5) is 0 Å². The number of hydrogen-bond donors (Lipinski definition) is 2. The second-order valence-electron chi connectivity index (χ2n) is 5.28. The maximum atomic E-state index is 12.5. The fraction of sp³-hybridized carbons (Fsp3) is 0.235. The van der Waals surface area contributed by atoms with E-state index < -0.39 is 0 Å². The number of halogens is 1. The van der Waals surface area contributed by atoms with Gasteiger partial charge in [0.2, 0.25) is 0 Å². The zero-order valence-corrected chi connectivity index (χ0v) is 14.0. The van der Waals surface area contributed by atoms with Crippen molar-refractivity contribution in [1.29, 1.82) is 0 Å². The number of carbonyl (C=O) groups excluding carboxylic acids is 1. The van der Waals surface area contributed by atoms with E-state index in [0.29, 0.717) is 5.56 Å². The first kappa shape index (κ1) is 14.7. The fourth-order valence-electron chi connectivity index (χ4n) is 2.83. The molecule has 0 radical (unpaired) electrons. The van der Waals surface area contributed by atoms with Crippen LogP contribution in [0.2, 0.25) is 0 Å². The van der Waals surface area contributed by atoms with Gasteiger partial charge in [-0.15, -0.1) is 12.6 Å². The van der Waals surface area contributed by atoms with Gasteiger partial charge in [-0.05, 0) is 64.5 Å². The van der Waals surface area contributed by atoms with Crippen LogP contribution in [-0.4, -0.2) is 5.91 Å². The van der Waals surface area contributed by atoms with Crippen molar-refractivity contribution in [3.05, 3.63) is 63.6 Å². The molecule has 2 aromatic rings. The van der Waals surface area contributed by atoms with Crippen molar-refractivity contribution in [2.45, 2.75) is 30.2 Å². The van der Waals surface area contributed by atoms with Crippen molar-refractivity contribution in [2.24, 2.45) is 0 Å². The van der Waals surface area contributed by atoms with Crippen LogP contribution in [-0.2, 0) is 6.42 Å². The van der Waals surface area contributed by atoms with Crippen molar-refractivity contribution in [1.82, 2.24) is 5.32 Å². The average Bonchev–Trinajstić information content (AvgIpc) is 2.50. The van der Waals surface area contributed by atoms with Gasteiger partial charge >= 0.3 is 0 Å². The number of aryl methyl sites for hydroxylation is 1. The molecule has 0 bridgehead atoms. The van der Waals surface area contributed by atoms with E-state index in [4.69, 9.17) is 0 Å². The normalized spacial score (nSPS) is 17.1. The SMILES string of the molecule is O=C(NC1CCCc2ccccc21)c1cc(S)ccc1Br.